The van der Waals surface area contributed by atoms with E-state index in [0.717, 1.165) is 11.5 Å². The van der Waals surface area contributed by atoms with E-state index in [1.165, 1.54) is 12.4 Å². The lowest BCUT2D eigenvalue weighted by Crippen LogP contribution is -2.03. The molecule has 0 saturated heterocycles. The maximum absolute atomic E-state index is 14.1. The molecule has 1 aromatic heterocycles. The van der Waals surface area contributed by atoms with Crippen molar-refractivity contribution in [2.75, 3.05) is 30.5 Å². The van der Waals surface area contributed by atoms with Crippen LogP contribution >= 0.6 is 23.4 Å². The minimum absolute atomic E-state index is 0.273. The standard InChI is InChI=1S/C19H19ClFN3O2S/c1-3-27-7-6-26-18-10-16-13(9-17(18)25-2)19(23-11-22-16)24-15-5-4-12(20)8-14(15)21/h4-5,8-11H,3,6-7H2,1-2H3,(H,22,23,24). The topological polar surface area (TPSA) is 56.3 Å². The van der Waals surface area contributed by atoms with Gasteiger partial charge >= 0.3 is 0 Å². The van der Waals surface area contributed by atoms with Crippen molar-refractivity contribution in [1.82, 2.24) is 9.97 Å². The summed E-state index contributed by atoms with van der Waals surface area (Å²) in [4.78, 5) is 8.53. The molecule has 8 heteroatoms. The number of halogens is 2. The third-order valence-electron chi connectivity index (χ3n) is 3.79. The van der Waals surface area contributed by atoms with Crippen LogP contribution in [-0.4, -0.2) is 35.2 Å². The predicted molar refractivity (Wildman–Crippen MR) is 109 cm³/mol. The van der Waals surface area contributed by atoms with Gasteiger partial charge in [-0.2, -0.15) is 11.8 Å². The van der Waals surface area contributed by atoms with Crippen molar-refractivity contribution in [1.29, 1.82) is 0 Å². The molecule has 0 aliphatic carbocycles. The van der Waals surface area contributed by atoms with Crippen LogP contribution in [0.5, 0.6) is 11.5 Å². The van der Waals surface area contributed by atoms with Crippen LogP contribution < -0.4 is 14.8 Å². The SMILES string of the molecule is CCSCCOc1cc2ncnc(Nc3ccc(Cl)cc3F)c2cc1OC. The number of methoxy groups -OCH3 is 1. The Morgan fingerprint density at radius 2 is 2.04 bits per heavy atom. The van der Waals surface area contributed by atoms with Gasteiger partial charge in [0.2, 0.25) is 0 Å². The zero-order valence-corrected chi connectivity index (χ0v) is 16.5. The van der Waals surface area contributed by atoms with E-state index in [2.05, 4.69) is 22.2 Å². The van der Waals surface area contributed by atoms with E-state index >= 15 is 0 Å². The van der Waals surface area contributed by atoms with Gasteiger partial charge in [0.15, 0.2) is 11.5 Å². The third-order valence-corrected chi connectivity index (χ3v) is 4.89. The van der Waals surface area contributed by atoms with Gasteiger partial charge in [-0.1, -0.05) is 18.5 Å². The Hall–Kier alpha value is -2.25. The van der Waals surface area contributed by atoms with Gasteiger partial charge in [0.05, 0.1) is 24.9 Å². The molecule has 0 spiro atoms. The monoisotopic (exact) mass is 407 g/mol. The average Bonchev–Trinajstić information content (AvgIpc) is 2.67. The molecule has 27 heavy (non-hydrogen) atoms. The van der Waals surface area contributed by atoms with E-state index < -0.39 is 5.82 Å². The van der Waals surface area contributed by atoms with Crippen LogP contribution in [0.3, 0.4) is 0 Å². The van der Waals surface area contributed by atoms with Crippen LogP contribution in [0, 0.1) is 5.82 Å². The highest BCUT2D eigenvalue weighted by Gasteiger charge is 2.13. The molecule has 2 aromatic carbocycles. The van der Waals surface area contributed by atoms with Gasteiger partial charge < -0.3 is 14.8 Å². The molecule has 0 fully saturated rings. The first-order valence-electron chi connectivity index (χ1n) is 8.37. The van der Waals surface area contributed by atoms with Crippen molar-refractivity contribution >= 4 is 45.8 Å². The smallest absolute Gasteiger partial charge is 0.163 e. The van der Waals surface area contributed by atoms with E-state index in [9.17, 15) is 4.39 Å². The number of rotatable bonds is 8. The van der Waals surface area contributed by atoms with E-state index in [1.807, 2.05) is 0 Å². The fraction of sp³-hybridized carbons (Fsp3) is 0.263. The Morgan fingerprint density at radius 1 is 1.19 bits per heavy atom. The number of aromatic nitrogens is 2. The van der Waals surface area contributed by atoms with E-state index in [1.54, 1.807) is 43.1 Å². The first kappa shape index (κ1) is 19.5. The normalized spacial score (nSPS) is 10.8. The summed E-state index contributed by atoms with van der Waals surface area (Å²) in [5, 5.41) is 4.01. The van der Waals surface area contributed by atoms with Crippen LogP contribution in [0.4, 0.5) is 15.9 Å². The Morgan fingerprint density at radius 3 is 2.78 bits per heavy atom. The van der Waals surface area contributed by atoms with E-state index in [-0.39, 0.29) is 5.69 Å². The summed E-state index contributed by atoms with van der Waals surface area (Å²) in [6.07, 6.45) is 1.42. The van der Waals surface area contributed by atoms with E-state index in [4.69, 9.17) is 21.1 Å². The van der Waals surface area contributed by atoms with Crippen LogP contribution in [0.25, 0.3) is 10.9 Å². The molecule has 3 rings (SSSR count). The maximum Gasteiger partial charge on any atom is 0.163 e. The number of hydrogen-bond donors (Lipinski definition) is 1. The van der Waals surface area contributed by atoms with Gasteiger partial charge in [0.1, 0.15) is 18.0 Å². The second kappa shape index (κ2) is 9.10. The zero-order valence-electron chi connectivity index (χ0n) is 15.0. The van der Waals surface area contributed by atoms with Crippen molar-refractivity contribution in [3.63, 3.8) is 0 Å². The molecule has 3 aromatic rings. The van der Waals surface area contributed by atoms with Crippen molar-refractivity contribution in [2.45, 2.75) is 6.92 Å². The molecule has 0 aliphatic heterocycles. The number of ether oxygens (including phenoxy) is 2. The van der Waals surface area contributed by atoms with Crippen molar-refractivity contribution in [3.05, 3.63) is 47.5 Å². The largest absolute Gasteiger partial charge is 0.493 e. The highest BCUT2D eigenvalue weighted by atomic mass is 35.5. The first-order valence-corrected chi connectivity index (χ1v) is 9.91. The van der Waals surface area contributed by atoms with Crippen molar-refractivity contribution in [2.24, 2.45) is 0 Å². The minimum Gasteiger partial charge on any atom is -0.493 e. The molecule has 0 saturated carbocycles. The zero-order chi connectivity index (χ0) is 19.2. The molecule has 0 amide bonds. The van der Waals surface area contributed by atoms with Crippen LogP contribution in [0.15, 0.2) is 36.7 Å². The fourth-order valence-corrected chi connectivity index (χ4v) is 3.16. The van der Waals surface area contributed by atoms with Gasteiger partial charge in [-0.3, -0.25) is 0 Å². The number of anilines is 2. The summed E-state index contributed by atoms with van der Waals surface area (Å²) >= 11 is 7.61. The predicted octanol–water partition coefficient (Wildman–Crippen LogP) is 5.31. The molecule has 0 aliphatic rings. The van der Waals surface area contributed by atoms with E-state index in [0.29, 0.717) is 39.8 Å². The lowest BCUT2D eigenvalue weighted by molar-refractivity contribution is 0.314. The number of benzene rings is 2. The van der Waals surface area contributed by atoms with Gasteiger partial charge in [-0.25, -0.2) is 14.4 Å². The summed E-state index contributed by atoms with van der Waals surface area (Å²) in [5.74, 6) is 3.12. The second-order valence-electron chi connectivity index (χ2n) is 5.54. The number of nitrogens with one attached hydrogen (secondary N) is 1. The third kappa shape index (κ3) is 4.73. The molecule has 1 N–H and O–H groups in total. The fourth-order valence-electron chi connectivity index (χ4n) is 2.51. The maximum atomic E-state index is 14.1. The molecule has 142 valence electrons. The quantitative estimate of drug-likeness (QED) is 0.511. The highest BCUT2D eigenvalue weighted by molar-refractivity contribution is 7.99. The molecule has 0 bridgehead atoms. The Bertz CT molecular complexity index is 942. The molecule has 5 nitrogen and oxygen atoms in total. The Balaban J connectivity index is 1.93. The van der Waals surface area contributed by atoms with Crippen LogP contribution in [-0.2, 0) is 0 Å². The number of hydrogen-bond acceptors (Lipinski definition) is 6. The molecule has 0 atom stereocenters. The van der Waals surface area contributed by atoms with Gasteiger partial charge in [0, 0.05) is 22.2 Å². The van der Waals surface area contributed by atoms with Crippen molar-refractivity contribution in [3.8, 4) is 11.5 Å². The molecule has 0 unspecified atom stereocenters. The van der Waals surface area contributed by atoms with Crippen LogP contribution in [0.1, 0.15) is 6.92 Å². The lowest BCUT2D eigenvalue weighted by Gasteiger charge is -2.14. The number of thioether (sulfide) groups is 1. The van der Waals surface area contributed by atoms with Gasteiger partial charge in [-0.05, 0) is 30.0 Å². The van der Waals surface area contributed by atoms with Gasteiger partial charge in [0.25, 0.3) is 0 Å². The lowest BCUT2D eigenvalue weighted by atomic mass is 10.2. The number of nitrogens with zero attached hydrogens (tertiary/aromatic N) is 2. The van der Waals surface area contributed by atoms with Crippen LogP contribution in [0.2, 0.25) is 5.02 Å². The molecule has 0 radical (unpaired) electrons. The average molecular weight is 408 g/mol. The van der Waals surface area contributed by atoms with Gasteiger partial charge in [-0.15, -0.1) is 0 Å². The molecular formula is C19H19ClFN3O2S. The molecule has 1 heterocycles. The summed E-state index contributed by atoms with van der Waals surface area (Å²) in [6.45, 7) is 2.68. The summed E-state index contributed by atoms with van der Waals surface area (Å²) in [5.41, 5.74) is 0.941. The minimum atomic E-state index is -0.463. The Kier molecular flexibility index (Phi) is 6.58. The summed E-state index contributed by atoms with van der Waals surface area (Å²) in [6, 6.07) is 8.00. The first-order chi connectivity index (χ1) is 13.1. The highest BCUT2D eigenvalue weighted by Crippen LogP contribution is 2.35. The molecular weight excluding hydrogens is 389 g/mol. The van der Waals surface area contributed by atoms with Crippen molar-refractivity contribution < 1.29 is 13.9 Å². The summed E-state index contributed by atoms with van der Waals surface area (Å²) < 4.78 is 25.4. The Labute approximate surface area is 166 Å². The second-order valence-corrected chi connectivity index (χ2v) is 7.37. The summed E-state index contributed by atoms with van der Waals surface area (Å²) in [7, 11) is 1.57. The number of fused-ring (bicyclic) bond motifs is 1.